The summed E-state index contributed by atoms with van der Waals surface area (Å²) in [6.45, 7) is 2.70. The smallest absolute Gasteiger partial charge is 0.258 e. The van der Waals surface area contributed by atoms with Crippen molar-refractivity contribution < 1.29 is 13.2 Å². The largest absolute Gasteiger partial charge is 0.322 e. The maximum Gasteiger partial charge on any atom is 0.258 e. The number of likely N-dealkylation sites (N-methyl/N-ethyl adjacent to an activating group) is 1. The lowest BCUT2D eigenvalue weighted by molar-refractivity contribution is 0.102. The Kier molecular flexibility index (Phi) is 6.61. The van der Waals surface area contributed by atoms with E-state index in [0.717, 1.165) is 5.56 Å². The van der Waals surface area contributed by atoms with Gasteiger partial charge in [-0.15, -0.1) is 0 Å². The highest BCUT2D eigenvalue weighted by atomic mass is 35.5. The molecule has 0 spiro atoms. The van der Waals surface area contributed by atoms with Crippen molar-refractivity contribution in [3.8, 4) is 0 Å². The highest BCUT2D eigenvalue weighted by molar-refractivity contribution is 7.89. The van der Waals surface area contributed by atoms with Crippen LogP contribution in [0.5, 0.6) is 0 Å². The number of hydrogen-bond donors (Lipinski definition) is 1. The third kappa shape index (κ3) is 5.02. The number of sulfonamides is 1. The zero-order chi connectivity index (χ0) is 22.7. The van der Waals surface area contributed by atoms with Crippen LogP contribution >= 0.6 is 11.6 Å². The van der Waals surface area contributed by atoms with Crippen LogP contribution in [-0.2, 0) is 16.6 Å². The Morgan fingerprint density at radius 3 is 2.59 bits per heavy atom. The van der Waals surface area contributed by atoms with E-state index in [1.807, 2.05) is 25.2 Å². The van der Waals surface area contributed by atoms with Gasteiger partial charge in [0.1, 0.15) is 0 Å². The maximum absolute atomic E-state index is 13.0. The topological polar surface area (TPSA) is 87.5 Å². The van der Waals surface area contributed by atoms with Crippen LogP contribution in [0.15, 0.2) is 65.8 Å². The van der Waals surface area contributed by atoms with E-state index in [9.17, 15) is 13.2 Å². The van der Waals surface area contributed by atoms with E-state index in [1.54, 1.807) is 35.1 Å². The van der Waals surface area contributed by atoms with Crippen molar-refractivity contribution in [2.45, 2.75) is 11.4 Å². The van der Waals surface area contributed by atoms with E-state index < -0.39 is 10.0 Å². The van der Waals surface area contributed by atoms with Crippen molar-refractivity contribution in [1.82, 2.24) is 19.0 Å². The Hall–Kier alpha value is -2.72. The second kappa shape index (κ2) is 9.41. The number of aromatic nitrogens is 2. The Morgan fingerprint density at radius 1 is 1.09 bits per heavy atom. The molecular weight excluding hydrogens is 450 g/mol. The number of hydrogen-bond acceptors (Lipinski definition) is 5. The zero-order valence-electron chi connectivity index (χ0n) is 17.6. The number of benzene rings is 2. The molecule has 32 heavy (non-hydrogen) atoms. The molecule has 2 heterocycles. The first-order valence-corrected chi connectivity index (χ1v) is 12.0. The maximum atomic E-state index is 13.0. The fourth-order valence-corrected chi connectivity index (χ4v) is 5.15. The van der Waals surface area contributed by atoms with Crippen molar-refractivity contribution in [3.63, 3.8) is 0 Å². The number of nitrogens with zero attached hydrogens (tertiary/aromatic N) is 4. The van der Waals surface area contributed by atoms with Crippen LogP contribution in [0.1, 0.15) is 15.9 Å². The molecule has 1 aromatic heterocycles. The lowest BCUT2D eigenvalue weighted by Crippen LogP contribution is -2.47. The molecule has 0 unspecified atom stereocenters. The summed E-state index contributed by atoms with van der Waals surface area (Å²) in [4.78, 5) is 14.9. The summed E-state index contributed by atoms with van der Waals surface area (Å²) < 4.78 is 29.1. The van der Waals surface area contributed by atoms with Crippen LogP contribution in [0.4, 0.5) is 5.69 Å². The molecule has 2 aromatic carbocycles. The van der Waals surface area contributed by atoms with Gasteiger partial charge in [0.2, 0.25) is 10.0 Å². The van der Waals surface area contributed by atoms with Crippen molar-refractivity contribution in [1.29, 1.82) is 0 Å². The normalized spacial score (nSPS) is 15.6. The highest BCUT2D eigenvalue weighted by Gasteiger charge is 2.27. The minimum atomic E-state index is -3.62. The van der Waals surface area contributed by atoms with Gasteiger partial charge in [0.15, 0.2) is 0 Å². The number of carbonyl (C=O) groups excluding carboxylic acids is 1. The molecule has 8 nitrogen and oxygen atoms in total. The molecule has 3 aromatic rings. The number of carbonyl (C=O) groups is 1. The average molecular weight is 474 g/mol. The second-order valence-corrected chi connectivity index (χ2v) is 10.1. The van der Waals surface area contributed by atoms with Crippen LogP contribution in [0.25, 0.3) is 0 Å². The molecule has 1 saturated heterocycles. The summed E-state index contributed by atoms with van der Waals surface area (Å²) in [5.41, 5.74) is 1.67. The predicted molar refractivity (Wildman–Crippen MR) is 123 cm³/mol. The number of rotatable bonds is 6. The number of amides is 1. The fraction of sp³-hybridized carbons (Fsp3) is 0.273. The molecule has 1 aliphatic heterocycles. The van der Waals surface area contributed by atoms with Crippen molar-refractivity contribution in [3.05, 3.63) is 77.1 Å². The summed E-state index contributed by atoms with van der Waals surface area (Å²) in [6.07, 6.45) is 3.10. The Morgan fingerprint density at radius 2 is 1.84 bits per heavy atom. The molecule has 1 aliphatic rings. The number of piperazine rings is 1. The van der Waals surface area contributed by atoms with Gasteiger partial charge >= 0.3 is 0 Å². The molecule has 1 amide bonds. The Balaban J connectivity index is 1.45. The lowest BCUT2D eigenvalue weighted by atomic mass is 10.2. The third-order valence-corrected chi connectivity index (χ3v) is 7.64. The van der Waals surface area contributed by atoms with Gasteiger partial charge in [-0.25, -0.2) is 8.42 Å². The fourth-order valence-electron chi connectivity index (χ4n) is 3.48. The first-order chi connectivity index (χ1) is 15.3. The second-order valence-electron chi connectivity index (χ2n) is 7.71. The predicted octanol–water partition coefficient (Wildman–Crippen LogP) is 2.77. The summed E-state index contributed by atoms with van der Waals surface area (Å²) in [7, 11) is -1.65. The van der Waals surface area contributed by atoms with E-state index >= 15 is 0 Å². The van der Waals surface area contributed by atoms with Gasteiger partial charge < -0.3 is 10.2 Å². The standard InChI is InChI=1S/C22H24ClN5O3S/c1-26-9-11-28(12-10-26)32(30,31)20-7-4-6-19(13-20)25-22(29)18-14-24-27(16-18)15-17-5-2-3-8-21(17)23/h2-8,13-14,16H,9-12,15H2,1H3,(H,25,29). The molecule has 4 rings (SSSR count). The summed E-state index contributed by atoms with van der Waals surface area (Å²) >= 11 is 6.19. The first-order valence-electron chi connectivity index (χ1n) is 10.2. The molecular formula is C22H24ClN5O3S. The van der Waals surface area contributed by atoms with Gasteiger partial charge in [0, 0.05) is 43.1 Å². The van der Waals surface area contributed by atoms with Crippen LogP contribution < -0.4 is 5.32 Å². The van der Waals surface area contributed by atoms with Crippen molar-refractivity contribution in [2.24, 2.45) is 0 Å². The summed E-state index contributed by atoms with van der Waals surface area (Å²) in [6, 6.07) is 13.8. The number of anilines is 1. The van der Waals surface area contributed by atoms with Gasteiger partial charge in [0.25, 0.3) is 5.91 Å². The molecule has 0 atom stereocenters. The first kappa shape index (κ1) is 22.5. The molecule has 1 N–H and O–H groups in total. The quantitative estimate of drug-likeness (QED) is 0.594. The SMILES string of the molecule is CN1CCN(S(=O)(=O)c2cccc(NC(=O)c3cnn(Cc4ccccc4Cl)c3)c2)CC1. The lowest BCUT2D eigenvalue weighted by Gasteiger charge is -2.31. The minimum absolute atomic E-state index is 0.161. The molecule has 0 saturated carbocycles. The van der Waals surface area contributed by atoms with Crippen LogP contribution in [0.3, 0.4) is 0 Å². The zero-order valence-corrected chi connectivity index (χ0v) is 19.2. The van der Waals surface area contributed by atoms with E-state index in [0.29, 0.717) is 49.0 Å². The van der Waals surface area contributed by atoms with E-state index in [4.69, 9.17) is 11.6 Å². The molecule has 0 aliphatic carbocycles. The van der Waals surface area contributed by atoms with Gasteiger partial charge in [0.05, 0.1) is 23.2 Å². The van der Waals surface area contributed by atoms with Gasteiger partial charge in [-0.05, 0) is 36.9 Å². The molecule has 168 valence electrons. The minimum Gasteiger partial charge on any atom is -0.322 e. The monoisotopic (exact) mass is 473 g/mol. The third-order valence-electron chi connectivity index (χ3n) is 5.38. The van der Waals surface area contributed by atoms with Crippen LogP contribution in [0, 0.1) is 0 Å². The summed E-state index contributed by atoms with van der Waals surface area (Å²) in [5, 5.41) is 7.62. The molecule has 0 radical (unpaired) electrons. The number of halogens is 1. The van der Waals surface area contributed by atoms with Gasteiger partial charge in [-0.3, -0.25) is 9.48 Å². The molecule has 10 heteroatoms. The highest BCUT2D eigenvalue weighted by Crippen LogP contribution is 2.21. The molecule has 0 bridgehead atoms. The average Bonchev–Trinajstić information content (AvgIpc) is 3.25. The van der Waals surface area contributed by atoms with Crippen molar-refractivity contribution >= 4 is 33.2 Å². The van der Waals surface area contributed by atoms with E-state index in [1.165, 1.54) is 16.6 Å². The summed E-state index contributed by atoms with van der Waals surface area (Å²) in [5.74, 6) is -0.371. The molecule has 1 fully saturated rings. The van der Waals surface area contributed by atoms with Gasteiger partial charge in [-0.2, -0.15) is 9.40 Å². The number of nitrogens with one attached hydrogen (secondary N) is 1. The van der Waals surface area contributed by atoms with Crippen LogP contribution in [-0.4, -0.2) is 66.5 Å². The van der Waals surface area contributed by atoms with E-state index in [-0.39, 0.29) is 10.8 Å². The van der Waals surface area contributed by atoms with Crippen molar-refractivity contribution in [2.75, 3.05) is 38.5 Å². The Bertz CT molecular complexity index is 1220. The van der Waals surface area contributed by atoms with Crippen LogP contribution in [0.2, 0.25) is 5.02 Å². The van der Waals surface area contributed by atoms with E-state index in [2.05, 4.69) is 15.3 Å². The van der Waals surface area contributed by atoms with Gasteiger partial charge in [-0.1, -0.05) is 35.9 Å². The Labute approximate surface area is 192 Å².